The van der Waals surface area contributed by atoms with Gasteiger partial charge in [-0.15, -0.1) is 0 Å². The summed E-state index contributed by atoms with van der Waals surface area (Å²) >= 11 is 0. The number of alkyl halides is 1. The second-order valence-electron chi connectivity index (χ2n) is 15.2. The maximum absolute atomic E-state index is 17.4. The fraction of sp³-hybridized carbons (Fsp3) is 0.605. The Morgan fingerprint density at radius 3 is 2.80 bits per heavy atom. The number of carbonyl (C=O) groups excluding carboxylic acids is 1. The van der Waals surface area contributed by atoms with E-state index in [2.05, 4.69) is 11.0 Å². The number of benzene rings is 1. The van der Waals surface area contributed by atoms with Gasteiger partial charge in [0.15, 0.2) is 12.0 Å². The number of aryl methyl sites for hydroxylation is 1. The van der Waals surface area contributed by atoms with E-state index in [0.29, 0.717) is 68.7 Å². The van der Waals surface area contributed by atoms with Gasteiger partial charge in [0.05, 0.1) is 29.2 Å². The molecule has 0 aliphatic carbocycles. The maximum Gasteiger partial charge on any atom is 0.319 e. The smallest absolute Gasteiger partial charge is 0.319 e. The monoisotopic (exact) mass is 701 g/mol. The largest absolute Gasteiger partial charge is 0.461 e. The van der Waals surface area contributed by atoms with Crippen molar-refractivity contribution < 1.29 is 27.8 Å². The molecule has 4 fully saturated rings. The van der Waals surface area contributed by atoms with Crippen LogP contribution in [0.15, 0.2) is 18.5 Å². The Bertz CT molecular complexity index is 1980. The molecule has 11 nitrogen and oxygen atoms in total. The fourth-order valence-electron chi connectivity index (χ4n) is 9.29. The number of hydrogen-bond donors (Lipinski definition) is 0. The molecule has 0 N–H and O–H groups in total. The highest BCUT2D eigenvalue weighted by molar-refractivity contribution is 6.00. The van der Waals surface area contributed by atoms with Crippen LogP contribution >= 0.6 is 0 Å². The minimum Gasteiger partial charge on any atom is -0.461 e. The molecule has 3 aromatic heterocycles. The molecule has 1 unspecified atom stereocenters. The number of pyridine rings is 1. The number of nitrogens with zero attached hydrogens (tertiary/aromatic N) is 7. The topological polar surface area (TPSA) is 108 Å². The molecule has 0 saturated carbocycles. The molecule has 0 amide bonds. The number of halogens is 2. The highest BCUT2D eigenvalue weighted by Gasteiger charge is 2.49. The average molecular weight is 702 g/mol. The van der Waals surface area contributed by atoms with Gasteiger partial charge in [0.1, 0.15) is 35.9 Å². The van der Waals surface area contributed by atoms with Crippen LogP contribution in [-0.4, -0.2) is 92.8 Å². The van der Waals surface area contributed by atoms with Gasteiger partial charge in [0, 0.05) is 49.7 Å². The van der Waals surface area contributed by atoms with Crippen LogP contribution < -0.4 is 9.64 Å². The number of carbonyl (C=O) groups is 1. The van der Waals surface area contributed by atoms with Gasteiger partial charge >= 0.3 is 12.0 Å². The van der Waals surface area contributed by atoms with Crippen LogP contribution in [-0.2, 0) is 20.7 Å². The number of hydrogen-bond acceptors (Lipinski definition) is 10. The van der Waals surface area contributed by atoms with Gasteiger partial charge in [-0.3, -0.25) is 14.7 Å². The molecule has 6 aliphatic rings. The van der Waals surface area contributed by atoms with Crippen LogP contribution in [0.5, 0.6) is 6.01 Å². The lowest BCUT2D eigenvalue weighted by Gasteiger charge is -2.34. The maximum atomic E-state index is 17.4. The van der Waals surface area contributed by atoms with Gasteiger partial charge in [-0.2, -0.15) is 15.1 Å². The molecule has 6 aliphatic heterocycles. The Kier molecular flexibility index (Phi) is 8.53. The SMILES string of the molecule is Cc1cc2c(cnn2C2CCCCO2)c2c1CCCCC(=O)O[C@@H]1CCCN(C1)c1nc(OC[C@@]34CCCN3C[C@H](F)C4)nc3c(F)c-2ncc13. The third kappa shape index (κ3) is 5.90. The predicted molar refractivity (Wildman–Crippen MR) is 187 cm³/mol. The van der Waals surface area contributed by atoms with Crippen molar-refractivity contribution in [1.29, 1.82) is 0 Å². The lowest BCUT2D eigenvalue weighted by atomic mass is 9.91. The summed E-state index contributed by atoms with van der Waals surface area (Å²) in [5.74, 6) is -0.257. The van der Waals surface area contributed by atoms with Crippen molar-refractivity contribution in [3.63, 3.8) is 0 Å². The van der Waals surface area contributed by atoms with Crippen molar-refractivity contribution in [2.24, 2.45) is 0 Å². The Labute approximate surface area is 295 Å². The molecular weight excluding hydrogens is 656 g/mol. The molecule has 0 spiro atoms. The summed E-state index contributed by atoms with van der Waals surface area (Å²) in [5.41, 5.74) is 3.41. The van der Waals surface area contributed by atoms with Crippen LogP contribution in [0.25, 0.3) is 33.1 Å². The highest BCUT2D eigenvalue weighted by atomic mass is 19.1. The van der Waals surface area contributed by atoms with Crippen molar-refractivity contribution in [2.45, 2.75) is 108 Å². The van der Waals surface area contributed by atoms with E-state index in [4.69, 9.17) is 34.3 Å². The summed E-state index contributed by atoms with van der Waals surface area (Å²) in [4.78, 5) is 31.7. The van der Waals surface area contributed by atoms with Crippen LogP contribution in [0.3, 0.4) is 0 Å². The predicted octanol–water partition coefficient (Wildman–Crippen LogP) is 6.38. The molecule has 13 heteroatoms. The molecule has 6 bridgehead atoms. The average Bonchev–Trinajstić information content (AvgIpc) is 3.81. The minimum absolute atomic E-state index is 0.0502. The number of esters is 1. The summed E-state index contributed by atoms with van der Waals surface area (Å²) in [5, 5.41) is 6.04. The van der Waals surface area contributed by atoms with Crippen molar-refractivity contribution in [3.05, 3.63) is 35.4 Å². The molecule has 4 saturated heterocycles. The van der Waals surface area contributed by atoms with Gasteiger partial charge in [-0.05, 0) is 94.9 Å². The first kappa shape index (κ1) is 32.9. The van der Waals surface area contributed by atoms with Gasteiger partial charge in [0.2, 0.25) is 0 Å². The van der Waals surface area contributed by atoms with E-state index in [-0.39, 0.29) is 42.1 Å². The quantitative estimate of drug-likeness (QED) is 0.223. The van der Waals surface area contributed by atoms with Crippen molar-refractivity contribution >= 4 is 33.6 Å². The zero-order chi connectivity index (χ0) is 34.7. The minimum atomic E-state index is -0.901. The Hall–Kier alpha value is -3.97. The zero-order valence-electron chi connectivity index (χ0n) is 29.2. The lowest BCUT2D eigenvalue weighted by Crippen LogP contribution is -2.43. The Morgan fingerprint density at radius 2 is 1.92 bits per heavy atom. The fourth-order valence-corrected chi connectivity index (χ4v) is 9.29. The Morgan fingerprint density at radius 1 is 1.02 bits per heavy atom. The molecule has 4 atom stereocenters. The Balaban J connectivity index is 1.21. The zero-order valence-corrected chi connectivity index (χ0v) is 29.2. The van der Waals surface area contributed by atoms with E-state index < -0.39 is 17.5 Å². The second kappa shape index (κ2) is 13.2. The first-order chi connectivity index (χ1) is 24.9. The normalized spacial score (nSPS) is 27.3. The molecular formula is C38H45F2N7O4. The summed E-state index contributed by atoms with van der Waals surface area (Å²) in [7, 11) is 0. The van der Waals surface area contributed by atoms with E-state index in [9.17, 15) is 9.18 Å². The van der Waals surface area contributed by atoms with E-state index in [0.717, 1.165) is 79.9 Å². The standard InChI is InChI=1S/C38H45F2N7O4/c1-23-16-29-27(19-42-47(29)30-10-4-5-15-49-30)32-26(23)9-2-3-11-31(48)51-25-8-6-13-45(21-25)36-28-18-41-35(32)33(40)34(28)43-37(44-36)50-22-38-12-7-14-46(38)20-24(39)17-38/h16,18-19,24-25,30H,2-15,17,20-22H2,1H3/t24-,25-,30?,38+/m1/s1. The highest BCUT2D eigenvalue weighted by Crippen LogP contribution is 2.42. The van der Waals surface area contributed by atoms with Crippen LogP contribution in [0.2, 0.25) is 0 Å². The van der Waals surface area contributed by atoms with Gasteiger partial charge in [-0.1, -0.05) is 0 Å². The van der Waals surface area contributed by atoms with Crippen LogP contribution in [0, 0.1) is 12.7 Å². The van der Waals surface area contributed by atoms with E-state index >= 15 is 4.39 Å². The van der Waals surface area contributed by atoms with Crippen LogP contribution in [0.1, 0.15) is 88.0 Å². The van der Waals surface area contributed by atoms with Gasteiger partial charge in [-0.25, -0.2) is 13.5 Å². The number of piperidine rings is 1. The number of aromatic nitrogens is 5. The molecule has 4 aromatic rings. The number of anilines is 1. The second-order valence-corrected chi connectivity index (χ2v) is 15.2. The lowest BCUT2D eigenvalue weighted by molar-refractivity contribution is -0.149. The summed E-state index contributed by atoms with van der Waals surface area (Å²) in [6.45, 7) is 5.26. The summed E-state index contributed by atoms with van der Waals surface area (Å²) in [6.07, 6.45) is 11.1. The first-order valence-corrected chi connectivity index (χ1v) is 18.8. The van der Waals surface area contributed by atoms with E-state index in [1.165, 1.54) is 0 Å². The summed E-state index contributed by atoms with van der Waals surface area (Å²) in [6, 6.07) is 2.16. The van der Waals surface area contributed by atoms with Gasteiger partial charge in [0.25, 0.3) is 0 Å². The summed E-state index contributed by atoms with van der Waals surface area (Å²) < 4.78 is 52.4. The molecule has 51 heavy (non-hydrogen) atoms. The van der Waals surface area contributed by atoms with E-state index in [1.54, 1.807) is 12.4 Å². The molecule has 9 heterocycles. The molecule has 0 radical (unpaired) electrons. The van der Waals surface area contributed by atoms with Crippen molar-refractivity contribution in [1.82, 2.24) is 29.6 Å². The number of ether oxygens (including phenoxy) is 3. The van der Waals surface area contributed by atoms with Crippen molar-refractivity contribution in [2.75, 3.05) is 44.3 Å². The first-order valence-electron chi connectivity index (χ1n) is 18.8. The number of fused-ring (bicyclic) bond motifs is 8. The van der Waals surface area contributed by atoms with Crippen molar-refractivity contribution in [3.8, 4) is 17.3 Å². The molecule has 270 valence electrons. The number of rotatable bonds is 4. The van der Waals surface area contributed by atoms with E-state index in [1.807, 2.05) is 16.5 Å². The third-order valence-corrected chi connectivity index (χ3v) is 11.8. The third-order valence-electron chi connectivity index (χ3n) is 11.8. The van der Waals surface area contributed by atoms with Gasteiger partial charge < -0.3 is 19.1 Å². The molecule has 10 rings (SSSR count). The van der Waals surface area contributed by atoms with Crippen LogP contribution in [0.4, 0.5) is 14.6 Å². The molecule has 1 aromatic carbocycles.